The predicted molar refractivity (Wildman–Crippen MR) is 83.8 cm³/mol. The molecule has 0 N–H and O–H groups in total. The van der Waals surface area contributed by atoms with Crippen LogP contribution in [-0.4, -0.2) is 26.8 Å². The van der Waals surface area contributed by atoms with Gasteiger partial charge in [-0.15, -0.1) is 10.2 Å². The van der Waals surface area contributed by atoms with Gasteiger partial charge in [-0.25, -0.2) is 4.98 Å². The van der Waals surface area contributed by atoms with Crippen LogP contribution in [0.3, 0.4) is 0 Å². The third-order valence-electron chi connectivity index (χ3n) is 3.08. The van der Waals surface area contributed by atoms with Crippen molar-refractivity contribution in [3.8, 4) is 28.8 Å². The van der Waals surface area contributed by atoms with Crippen molar-refractivity contribution < 1.29 is 4.74 Å². The lowest BCUT2D eigenvalue weighted by Crippen LogP contribution is -1.98. The zero-order chi connectivity index (χ0) is 15.9. The lowest BCUT2D eigenvalue weighted by atomic mass is 10.2. The molecule has 0 radical (unpaired) electrons. The predicted octanol–water partition coefficient (Wildman–Crippen LogP) is 2.64. The van der Waals surface area contributed by atoms with Crippen molar-refractivity contribution >= 4 is 0 Å². The van der Waals surface area contributed by atoms with Gasteiger partial charge in [0, 0.05) is 6.20 Å². The van der Waals surface area contributed by atoms with E-state index >= 15 is 0 Å². The molecule has 0 aliphatic heterocycles. The van der Waals surface area contributed by atoms with Crippen LogP contribution in [0.2, 0.25) is 0 Å². The maximum Gasteiger partial charge on any atom is 0.134 e. The SMILES string of the molecule is N#CCOCc1cccc(-c2ccc(-c3ccccn3)nn2)n1. The highest BCUT2D eigenvalue weighted by Crippen LogP contribution is 2.18. The first-order valence-electron chi connectivity index (χ1n) is 7.03. The summed E-state index contributed by atoms with van der Waals surface area (Å²) < 4.78 is 5.17. The summed E-state index contributed by atoms with van der Waals surface area (Å²) in [7, 11) is 0. The summed E-state index contributed by atoms with van der Waals surface area (Å²) >= 11 is 0. The lowest BCUT2D eigenvalue weighted by molar-refractivity contribution is 0.149. The van der Waals surface area contributed by atoms with Crippen molar-refractivity contribution in [3.63, 3.8) is 0 Å². The van der Waals surface area contributed by atoms with Crippen molar-refractivity contribution in [1.29, 1.82) is 5.26 Å². The largest absolute Gasteiger partial charge is 0.360 e. The van der Waals surface area contributed by atoms with Gasteiger partial charge in [-0.3, -0.25) is 4.98 Å². The summed E-state index contributed by atoms with van der Waals surface area (Å²) in [5.74, 6) is 0. The molecule has 23 heavy (non-hydrogen) atoms. The van der Waals surface area contributed by atoms with Crippen LogP contribution in [0.4, 0.5) is 0 Å². The van der Waals surface area contributed by atoms with Crippen LogP contribution >= 0.6 is 0 Å². The van der Waals surface area contributed by atoms with Gasteiger partial charge in [0.1, 0.15) is 18.0 Å². The molecule has 0 bridgehead atoms. The number of hydrogen-bond acceptors (Lipinski definition) is 6. The summed E-state index contributed by atoms with van der Waals surface area (Å²) in [5.41, 5.74) is 3.62. The Hall–Kier alpha value is -3.17. The molecule has 0 spiro atoms. The molecule has 3 rings (SSSR count). The van der Waals surface area contributed by atoms with Crippen LogP contribution in [0, 0.1) is 11.3 Å². The smallest absolute Gasteiger partial charge is 0.134 e. The van der Waals surface area contributed by atoms with Crippen molar-refractivity contribution in [2.24, 2.45) is 0 Å². The molecule has 112 valence electrons. The summed E-state index contributed by atoms with van der Waals surface area (Å²) in [4.78, 5) is 8.71. The van der Waals surface area contributed by atoms with Gasteiger partial charge >= 0.3 is 0 Å². The van der Waals surface area contributed by atoms with Crippen molar-refractivity contribution in [2.45, 2.75) is 6.61 Å². The average molecular weight is 303 g/mol. The van der Waals surface area contributed by atoms with E-state index < -0.39 is 0 Å². The number of nitrogens with zero attached hydrogens (tertiary/aromatic N) is 5. The number of pyridine rings is 2. The summed E-state index contributed by atoms with van der Waals surface area (Å²) in [6.07, 6.45) is 1.72. The average Bonchev–Trinajstić information content (AvgIpc) is 2.63. The molecule has 0 saturated carbocycles. The lowest BCUT2D eigenvalue weighted by Gasteiger charge is -2.04. The molecule has 0 fully saturated rings. The monoisotopic (exact) mass is 303 g/mol. The number of hydrogen-bond donors (Lipinski definition) is 0. The molecule has 3 aromatic heterocycles. The molecule has 0 amide bonds. The van der Waals surface area contributed by atoms with Crippen molar-refractivity contribution in [3.05, 3.63) is 60.4 Å². The van der Waals surface area contributed by atoms with E-state index in [1.807, 2.05) is 54.6 Å². The molecule has 0 atom stereocenters. The molecule has 6 heteroatoms. The van der Waals surface area contributed by atoms with E-state index in [0.717, 1.165) is 11.4 Å². The molecule has 3 aromatic rings. The highest BCUT2D eigenvalue weighted by Gasteiger charge is 2.06. The van der Waals surface area contributed by atoms with E-state index in [2.05, 4.69) is 20.2 Å². The van der Waals surface area contributed by atoms with Crippen molar-refractivity contribution in [2.75, 3.05) is 6.61 Å². The van der Waals surface area contributed by atoms with Crippen LogP contribution in [0.1, 0.15) is 5.69 Å². The van der Waals surface area contributed by atoms with Gasteiger partial charge in [-0.2, -0.15) is 5.26 Å². The van der Waals surface area contributed by atoms with Crippen LogP contribution in [0.15, 0.2) is 54.7 Å². The fourth-order valence-electron chi connectivity index (χ4n) is 2.02. The Morgan fingerprint density at radius 2 is 1.65 bits per heavy atom. The fourth-order valence-corrected chi connectivity index (χ4v) is 2.02. The van der Waals surface area contributed by atoms with E-state index in [-0.39, 0.29) is 6.61 Å². The number of nitriles is 1. The highest BCUT2D eigenvalue weighted by atomic mass is 16.5. The molecule has 0 unspecified atom stereocenters. The first kappa shape index (κ1) is 14.8. The third-order valence-corrected chi connectivity index (χ3v) is 3.08. The van der Waals surface area contributed by atoms with E-state index in [4.69, 9.17) is 10.00 Å². The van der Waals surface area contributed by atoms with E-state index in [1.54, 1.807) is 6.20 Å². The number of aromatic nitrogens is 4. The summed E-state index contributed by atoms with van der Waals surface area (Å²) in [6, 6.07) is 16.9. The van der Waals surface area contributed by atoms with Gasteiger partial charge in [-0.1, -0.05) is 12.1 Å². The summed E-state index contributed by atoms with van der Waals surface area (Å²) in [5, 5.41) is 16.9. The normalized spacial score (nSPS) is 10.2. The fraction of sp³-hybridized carbons (Fsp3) is 0.118. The van der Waals surface area contributed by atoms with Gasteiger partial charge < -0.3 is 4.74 Å². The Kier molecular flexibility index (Phi) is 4.62. The van der Waals surface area contributed by atoms with Gasteiger partial charge in [-0.05, 0) is 36.4 Å². The molecular weight excluding hydrogens is 290 g/mol. The Balaban J connectivity index is 1.80. The van der Waals surface area contributed by atoms with E-state index in [9.17, 15) is 0 Å². The quantitative estimate of drug-likeness (QED) is 0.674. The molecule has 0 aromatic carbocycles. The van der Waals surface area contributed by atoms with E-state index in [1.165, 1.54) is 0 Å². The number of ether oxygens (including phenoxy) is 1. The standard InChI is InChI=1S/C17H13N5O/c18-9-11-23-12-13-4-3-6-15(20-13)17-8-7-16(21-22-17)14-5-1-2-10-19-14/h1-8,10H,11-12H2. The third kappa shape index (κ3) is 3.73. The molecular formula is C17H13N5O. The molecule has 0 saturated heterocycles. The van der Waals surface area contributed by atoms with Crippen LogP contribution in [-0.2, 0) is 11.3 Å². The maximum absolute atomic E-state index is 8.48. The highest BCUT2D eigenvalue weighted by molar-refractivity contribution is 5.58. The Labute approximate surface area is 133 Å². The second-order valence-corrected chi connectivity index (χ2v) is 4.68. The second-order valence-electron chi connectivity index (χ2n) is 4.68. The van der Waals surface area contributed by atoms with Gasteiger partial charge in [0.25, 0.3) is 0 Å². The molecule has 0 aliphatic rings. The Morgan fingerprint density at radius 1 is 0.870 bits per heavy atom. The van der Waals surface area contributed by atoms with Crippen molar-refractivity contribution in [1.82, 2.24) is 20.2 Å². The first-order valence-corrected chi connectivity index (χ1v) is 7.03. The zero-order valence-corrected chi connectivity index (χ0v) is 12.3. The van der Waals surface area contributed by atoms with Crippen LogP contribution in [0.25, 0.3) is 22.8 Å². The maximum atomic E-state index is 8.48. The first-order chi connectivity index (χ1) is 11.4. The molecule has 6 nitrogen and oxygen atoms in total. The zero-order valence-electron chi connectivity index (χ0n) is 12.3. The summed E-state index contributed by atoms with van der Waals surface area (Å²) in [6.45, 7) is 0.339. The molecule has 3 heterocycles. The minimum absolute atomic E-state index is 0.0461. The van der Waals surface area contributed by atoms with Gasteiger partial charge in [0.05, 0.1) is 29.8 Å². The minimum Gasteiger partial charge on any atom is -0.360 e. The van der Waals surface area contributed by atoms with E-state index in [0.29, 0.717) is 23.7 Å². The van der Waals surface area contributed by atoms with Gasteiger partial charge in [0.15, 0.2) is 0 Å². The Morgan fingerprint density at radius 3 is 2.35 bits per heavy atom. The Bertz CT molecular complexity index is 812. The minimum atomic E-state index is 0.0461. The van der Waals surface area contributed by atoms with Gasteiger partial charge in [0.2, 0.25) is 0 Å². The molecule has 0 aliphatic carbocycles. The van der Waals surface area contributed by atoms with Crippen LogP contribution < -0.4 is 0 Å². The number of rotatable bonds is 5. The topological polar surface area (TPSA) is 84.6 Å². The second kappa shape index (κ2) is 7.20. The van der Waals surface area contributed by atoms with Crippen LogP contribution in [0.5, 0.6) is 0 Å².